The molecule has 0 aromatic rings. The number of nitrogens with one attached hydrogen (secondary N) is 1. The summed E-state index contributed by atoms with van der Waals surface area (Å²) in [5, 5.41) is 2.96. The summed E-state index contributed by atoms with van der Waals surface area (Å²) in [6, 6.07) is -0.155. The third-order valence-electron chi connectivity index (χ3n) is 2.77. The second-order valence-corrected chi connectivity index (χ2v) is 4.95. The molecule has 90 valence electrons. The van der Waals surface area contributed by atoms with E-state index in [4.69, 9.17) is 5.73 Å². The molecule has 0 radical (unpaired) electrons. The molecule has 1 amide bonds. The molecule has 3 N–H and O–H groups in total. The van der Waals surface area contributed by atoms with Gasteiger partial charge in [0.1, 0.15) is 0 Å². The average molecular weight is 214 g/mol. The Hall–Kier alpha value is -0.570. The van der Waals surface area contributed by atoms with E-state index in [1.165, 1.54) is 0 Å². The highest BCUT2D eigenvalue weighted by Gasteiger charge is 2.20. The van der Waals surface area contributed by atoms with Gasteiger partial charge in [-0.1, -0.05) is 34.1 Å². The summed E-state index contributed by atoms with van der Waals surface area (Å²) < 4.78 is 0. The van der Waals surface area contributed by atoms with Gasteiger partial charge in [-0.3, -0.25) is 4.79 Å². The van der Waals surface area contributed by atoms with Gasteiger partial charge in [0.15, 0.2) is 0 Å². The standard InChI is InChI=1S/C12H26N2O/c1-6-9(4)11(13)12(15)14-10(5)7-8(2)3/h8-11H,6-7,13H2,1-5H3,(H,14,15)/t9-,10?,11-/m0/s1. The van der Waals surface area contributed by atoms with Gasteiger partial charge >= 0.3 is 0 Å². The number of rotatable bonds is 6. The lowest BCUT2D eigenvalue weighted by Crippen LogP contribution is -2.47. The third kappa shape index (κ3) is 5.78. The summed E-state index contributed by atoms with van der Waals surface area (Å²) in [6.07, 6.45) is 1.94. The molecule has 0 aromatic heterocycles. The van der Waals surface area contributed by atoms with Crippen molar-refractivity contribution in [3.05, 3.63) is 0 Å². The minimum atomic E-state index is -0.371. The largest absolute Gasteiger partial charge is 0.352 e. The third-order valence-corrected chi connectivity index (χ3v) is 2.77. The number of carbonyl (C=O) groups excluding carboxylic acids is 1. The van der Waals surface area contributed by atoms with Gasteiger partial charge in [0.25, 0.3) is 0 Å². The summed E-state index contributed by atoms with van der Waals surface area (Å²) in [4.78, 5) is 11.7. The predicted molar refractivity (Wildman–Crippen MR) is 64.5 cm³/mol. The summed E-state index contributed by atoms with van der Waals surface area (Å²) in [6.45, 7) is 10.4. The zero-order chi connectivity index (χ0) is 12.0. The Labute approximate surface area is 93.8 Å². The first-order valence-electron chi connectivity index (χ1n) is 5.94. The van der Waals surface area contributed by atoms with Crippen LogP contribution in [-0.2, 0) is 4.79 Å². The number of hydrogen-bond donors (Lipinski definition) is 2. The van der Waals surface area contributed by atoms with Crippen molar-refractivity contribution in [2.24, 2.45) is 17.6 Å². The number of amides is 1. The van der Waals surface area contributed by atoms with Crippen molar-refractivity contribution in [1.82, 2.24) is 5.32 Å². The molecule has 3 atom stereocenters. The quantitative estimate of drug-likeness (QED) is 0.709. The van der Waals surface area contributed by atoms with Crippen LogP contribution in [0.15, 0.2) is 0 Å². The second kappa shape index (κ2) is 6.83. The first-order valence-corrected chi connectivity index (χ1v) is 5.94. The molecular weight excluding hydrogens is 188 g/mol. The molecule has 0 fully saturated rings. The van der Waals surface area contributed by atoms with Crippen molar-refractivity contribution in [2.45, 2.75) is 59.5 Å². The van der Waals surface area contributed by atoms with Crippen LogP contribution in [-0.4, -0.2) is 18.0 Å². The smallest absolute Gasteiger partial charge is 0.237 e. The minimum absolute atomic E-state index is 0.0162. The molecule has 0 saturated carbocycles. The van der Waals surface area contributed by atoms with Crippen LogP contribution in [0.4, 0.5) is 0 Å². The van der Waals surface area contributed by atoms with Crippen LogP contribution in [0.25, 0.3) is 0 Å². The van der Waals surface area contributed by atoms with Gasteiger partial charge < -0.3 is 11.1 Å². The molecule has 3 nitrogen and oxygen atoms in total. The highest BCUT2D eigenvalue weighted by Crippen LogP contribution is 2.07. The monoisotopic (exact) mass is 214 g/mol. The Morgan fingerprint density at radius 1 is 1.27 bits per heavy atom. The first-order chi connectivity index (χ1) is 6.88. The van der Waals surface area contributed by atoms with Gasteiger partial charge in [0.05, 0.1) is 6.04 Å². The number of nitrogens with two attached hydrogens (primary N) is 1. The van der Waals surface area contributed by atoms with E-state index in [0.717, 1.165) is 12.8 Å². The maximum Gasteiger partial charge on any atom is 0.237 e. The Kier molecular flexibility index (Phi) is 6.57. The molecule has 0 rings (SSSR count). The van der Waals surface area contributed by atoms with Crippen LogP contribution in [0.3, 0.4) is 0 Å². The summed E-state index contributed by atoms with van der Waals surface area (Å²) in [7, 11) is 0. The van der Waals surface area contributed by atoms with Crippen molar-refractivity contribution in [3.63, 3.8) is 0 Å². The van der Waals surface area contributed by atoms with Crippen LogP contribution in [0.2, 0.25) is 0 Å². The molecule has 0 aromatic carbocycles. The fraction of sp³-hybridized carbons (Fsp3) is 0.917. The maximum absolute atomic E-state index is 11.7. The van der Waals surface area contributed by atoms with Crippen molar-refractivity contribution in [3.8, 4) is 0 Å². The number of hydrogen-bond acceptors (Lipinski definition) is 2. The lowest BCUT2D eigenvalue weighted by atomic mass is 9.98. The normalized spacial score (nSPS) is 17.3. The molecule has 3 heteroatoms. The minimum Gasteiger partial charge on any atom is -0.352 e. The van der Waals surface area contributed by atoms with Crippen molar-refractivity contribution >= 4 is 5.91 Å². The zero-order valence-corrected chi connectivity index (χ0v) is 10.7. The van der Waals surface area contributed by atoms with E-state index in [1.807, 2.05) is 13.8 Å². The first kappa shape index (κ1) is 14.4. The highest BCUT2D eigenvalue weighted by atomic mass is 16.2. The van der Waals surface area contributed by atoms with E-state index in [9.17, 15) is 4.79 Å². The van der Waals surface area contributed by atoms with Crippen LogP contribution in [0.5, 0.6) is 0 Å². The zero-order valence-electron chi connectivity index (χ0n) is 10.7. The Morgan fingerprint density at radius 2 is 1.80 bits per heavy atom. The molecule has 0 bridgehead atoms. The van der Waals surface area contributed by atoms with Crippen molar-refractivity contribution in [2.75, 3.05) is 0 Å². The average Bonchev–Trinajstić information content (AvgIpc) is 2.13. The predicted octanol–water partition coefficient (Wildman–Crippen LogP) is 1.91. The molecule has 0 aliphatic heterocycles. The fourth-order valence-electron chi connectivity index (χ4n) is 1.62. The van der Waals surface area contributed by atoms with Gasteiger partial charge in [-0.25, -0.2) is 0 Å². The Morgan fingerprint density at radius 3 is 2.20 bits per heavy atom. The van der Waals surface area contributed by atoms with E-state index in [2.05, 4.69) is 26.1 Å². The topological polar surface area (TPSA) is 55.1 Å². The molecule has 0 aliphatic rings. The van der Waals surface area contributed by atoms with Crippen LogP contribution >= 0.6 is 0 Å². The van der Waals surface area contributed by atoms with E-state index in [0.29, 0.717) is 5.92 Å². The molecule has 0 saturated heterocycles. The van der Waals surface area contributed by atoms with Crippen molar-refractivity contribution in [1.29, 1.82) is 0 Å². The SMILES string of the molecule is CC[C@H](C)[C@H](N)C(=O)NC(C)CC(C)C. The molecule has 15 heavy (non-hydrogen) atoms. The molecule has 0 heterocycles. The summed E-state index contributed by atoms with van der Waals surface area (Å²) in [5.41, 5.74) is 5.84. The second-order valence-electron chi connectivity index (χ2n) is 4.95. The Bertz CT molecular complexity index is 192. The highest BCUT2D eigenvalue weighted by molar-refractivity contribution is 5.82. The maximum atomic E-state index is 11.7. The van der Waals surface area contributed by atoms with Gasteiger partial charge in [-0.15, -0.1) is 0 Å². The summed E-state index contributed by atoms with van der Waals surface area (Å²) in [5.74, 6) is 0.828. The Balaban J connectivity index is 4.01. The van der Waals surface area contributed by atoms with Gasteiger partial charge in [0, 0.05) is 6.04 Å². The molecule has 1 unspecified atom stereocenters. The molecular formula is C12H26N2O. The van der Waals surface area contributed by atoms with E-state index in [1.54, 1.807) is 0 Å². The van der Waals surface area contributed by atoms with Crippen LogP contribution < -0.4 is 11.1 Å². The lowest BCUT2D eigenvalue weighted by molar-refractivity contribution is -0.124. The van der Waals surface area contributed by atoms with Crippen molar-refractivity contribution < 1.29 is 4.79 Å². The lowest BCUT2D eigenvalue weighted by Gasteiger charge is -2.22. The summed E-state index contributed by atoms with van der Waals surface area (Å²) >= 11 is 0. The van der Waals surface area contributed by atoms with Gasteiger partial charge in [-0.05, 0) is 25.2 Å². The van der Waals surface area contributed by atoms with Crippen LogP contribution in [0, 0.1) is 11.8 Å². The van der Waals surface area contributed by atoms with E-state index < -0.39 is 0 Å². The molecule has 0 aliphatic carbocycles. The molecule has 0 spiro atoms. The van der Waals surface area contributed by atoms with E-state index in [-0.39, 0.29) is 23.9 Å². The fourth-order valence-corrected chi connectivity index (χ4v) is 1.62. The van der Waals surface area contributed by atoms with Crippen LogP contribution in [0.1, 0.15) is 47.5 Å². The van der Waals surface area contributed by atoms with Gasteiger partial charge in [-0.2, -0.15) is 0 Å². The number of carbonyl (C=O) groups is 1. The van der Waals surface area contributed by atoms with Gasteiger partial charge in [0.2, 0.25) is 5.91 Å². The van der Waals surface area contributed by atoms with E-state index >= 15 is 0 Å².